The van der Waals surface area contributed by atoms with Gasteiger partial charge in [-0.25, -0.2) is 0 Å². The van der Waals surface area contributed by atoms with E-state index in [2.05, 4.69) is 12.2 Å². The molecule has 1 aliphatic rings. The first-order chi connectivity index (χ1) is 8.70. The fourth-order valence-electron chi connectivity index (χ4n) is 2.89. The molecule has 18 heavy (non-hydrogen) atoms. The Morgan fingerprint density at radius 3 is 2.72 bits per heavy atom. The molecule has 0 spiro atoms. The van der Waals surface area contributed by atoms with Crippen molar-refractivity contribution in [2.75, 3.05) is 39.9 Å². The van der Waals surface area contributed by atoms with Crippen LogP contribution in [0.4, 0.5) is 0 Å². The lowest BCUT2D eigenvalue weighted by Crippen LogP contribution is -2.52. The minimum Gasteiger partial charge on any atom is -0.383 e. The fourth-order valence-corrected chi connectivity index (χ4v) is 2.89. The fraction of sp³-hybridized carbons (Fsp3) is 0.929. The SMILES string of the molecule is CCCC1(C(=O)N(CC)CCOC)CCCNC1. The van der Waals surface area contributed by atoms with Crippen molar-refractivity contribution in [3.63, 3.8) is 0 Å². The predicted octanol–water partition coefficient (Wildman–Crippen LogP) is 1.65. The lowest BCUT2D eigenvalue weighted by atomic mass is 9.75. The van der Waals surface area contributed by atoms with Crippen molar-refractivity contribution in [2.45, 2.75) is 39.5 Å². The number of nitrogens with zero attached hydrogens (tertiary/aromatic N) is 1. The molecule has 1 amide bonds. The van der Waals surface area contributed by atoms with E-state index < -0.39 is 0 Å². The zero-order valence-corrected chi connectivity index (χ0v) is 12.1. The van der Waals surface area contributed by atoms with E-state index in [1.165, 1.54) is 0 Å². The average Bonchev–Trinajstić information content (AvgIpc) is 2.41. The van der Waals surface area contributed by atoms with Gasteiger partial charge in [-0.1, -0.05) is 13.3 Å². The molecule has 0 radical (unpaired) electrons. The molecule has 4 nitrogen and oxygen atoms in total. The highest BCUT2D eigenvalue weighted by Crippen LogP contribution is 2.33. The Bertz CT molecular complexity index is 245. The first kappa shape index (κ1) is 15.4. The number of nitrogens with one attached hydrogen (secondary N) is 1. The number of ether oxygens (including phenoxy) is 1. The highest BCUT2D eigenvalue weighted by Gasteiger charge is 2.40. The zero-order chi connectivity index (χ0) is 13.4. The summed E-state index contributed by atoms with van der Waals surface area (Å²) in [4.78, 5) is 14.7. The van der Waals surface area contributed by atoms with Gasteiger partial charge in [-0.05, 0) is 32.7 Å². The van der Waals surface area contributed by atoms with E-state index in [9.17, 15) is 4.79 Å². The summed E-state index contributed by atoms with van der Waals surface area (Å²) >= 11 is 0. The van der Waals surface area contributed by atoms with Gasteiger partial charge in [-0.3, -0.25) is 4.79 Å². The molecule has 0 aromatic heterocycles. The number of piperidine rings is 1. The third-order valence-corrected chi connectivity index (χ3v) is 3.89. The van der Waals surface area contributed by atoms with Crippen LogP contribution in [0.1, 0.15) is 39.5 Å². The maximum atomic E-state index is 12.8. The summed E-state index contributed by atoms with van der Waals surface area (Å²) in [6, 6.07) is 0. The van der Waals surface area contributed by atoms with E-state index in [4.69, 9.17) is 4.74 Å². The van der Waals surface area contributed by atoms with Crippen molar-refractivity contribution < 1.29 is 9.53 Å². The molecule has 1 heterocycles. The average molecular weight is 256 g/mol. The number of likely N-dealkylation sites (N-methyl/N-ethyl adjacent to an activating group) is 1. The van der Waals surface area contributed by atoms with Gasteiger partial charge in [0.25, 0.3) is 0 Å². The van der Waals surface area contributed by atoms with Crippen LogP contribution in [-0.4, -0.2) is 50.7 Å². The number of methoxy groups -OCH3 is 1. The maximum absolute atomic E-state index is 12.8. The molecule has 1 atom stereocenters. The van der Waals surface area contributed by atoms with Crippen LogP contribution in [-0.2, 0) is 9.53 Å². The van der Waals surface area contributed by atoms with Gasteiger partial charge in [0.15, 0.2) is 0 Å². The molecule has 1 rings (SSSR count). The van der Waals surface area contributed by atoms with Crippen molar-refractivity contribution in [2.24, 2.45) is 5.41 Å². The minimum absolute atomic E-state index is 0.170. The third kappa shape index (κ3) is 3.69. The first-order valence-corrected chi connectivity index (χ1v) is 7.19. The molecule has 1 saturated heterocycles. The van der Waals surface area contributed by atoms with Gasteiger partial charge in [0.2, 0.25) is 5.91 Å². The largest absolute Gasteiger partial charge is 0.383 e. The number of hydrogen-bond donors (Lipinski definition) is 1. The van der Waals surface area contributed by atoms with E-state index in [0.29, 0.717) is 19.1 Å². The van der Waals surface area contributed by atoms with Crippen LogP contribution in [0.15, 0.2) is 0 Å². The van der Waals surface area contributed by atoms with Gasteiger partial charge >= 0.3 is 0 Å². The molecule has 0 aliphatic carbocycles. The highest BCUT2D eigenvalue weighted by atomic mass is 16.5. The van der Waals surface area contributed by atoms with Crippen LogP contribution in [0.2, 0.25) is 0 Å². The molecular weight excluding hydrogens is 228 g/mol. The summed E-state index contributed by atoms with van der Waals surface area (Å²) in [7, 11) is 1.68. The smallest absolute Gasteiger partial charge is 0.230 e. The van der Waals surface area contributed by atoms with Gasteiger partial charge in [-0.2, -0.15) is 0 Å². The Morgan fingerprint density at radius 2 is 2.22 bits per heavy atom. The van der Waals surface area contributed by atoms with E-state index in [1.807, 2.05) is 11.8 Å². The zero-order valence-electron chi connectivity index (χ0n) is 12.1. The summed E-state index contributed by atoms with van der Waals surface area (Å²) in [5.74, 6) is 0.316. The lowest BCUT2D eigenvalue weighted by molar-refractivity contribution is -0.144. The standard InChI is InChI=1S/C14H28N2O2/c1-4-7-14(8-6-9-15-12-14)13(17)16(5-2)10-11-18-3/h15H,4-12H2,1-3H3. The molecule has 4 heteroatoms. The van der Waals surface area contributed by atoms with Crippen molar-refractivity contribution >= 4 is 5.91 Å². The van der Waals surface area contributed by atoms with E-state index in [0.717, 1.165) is 45.3 Å². The molecule has 0 aromatic rings. The Balaban J connectivity index is 2.73. The molecule has 0 bridgehead atoms. The second-order valence-electron chi connectivity index (χ2n) is 5.19. The van der Waals surface area contributed by atoms with Crippen molar-refractivity contribution in [3.8, 4) is 0 Å². The minimum atomic E-state index is -0.170. The van der Waals surface area contributed by atoms with Gasteiger partial charge in [0.05, 0.1) is 12.0 Å². The maximum Gasteiger partial charge on any atom is 0.230 e. The lowest BCUT2D eigenvalue weighted by Gasteiger charge is -2.40. The predicted molar refractivity (Wildman–Crippen MR) is 73.6 cm³/mol. The Kier molecular flexibility index (Phi) is 6.65. The topological polar surface area (TPSA) is 41.6 Å². The molecule has 106 valence electrons. The number of rotatable bonds is 7. The van der Waals surface area contributed by atoms with Crippen LogP contribution in [0.3, 0.4) is 0 Å². The van der Waals surface area contributed by atoms with Crippen molar-refractivity contribution in [3.05, 3.63) is 0 Å². The molecule has 1 fully saturated rings. The number of hydrogen-bond acceptors (Lipinski definition) is 3. The summed E-state index contributed by atoms with van der Waals surface area (Å²) in [6.45, 7) is 8.19. The summed E-state index contributed by atoms with van der Waals surface area (Å²) < 4.78 is 5.10. The van der Waals surface area contributed by atoms with Crippen LogP contribution in [0, 0.1) is 5.41 Å². The van der Waals surface area contributed by atoms with E-state index in [1.54, 1.807) is 7.11 Å². The third-order valence-electron chi connectivity index (χ3n) is 3.89. The molecule has 0 aromatic carbocycles. The molecule has 1 unspecified atom stereocenters. The van der Waals surface area contributed by atoms with Gasteiger partial charge in [-0.15, -0.1) is 0 Å². The van der Waals surface area contributed by atoms with Gasteiger partial charge in [0.1, 0.15) is 0 Å². The van der Waals surface area contributed by atoms with Crippen LogP contribution >= 0.6 is 0 Å². The Hall–Kier alpha value is -0.610. The van der Waals surface area contributed by atoms with E-state index in [-0.39, 0.29) is 5.41 Å². The monoisotopic (exact) mass is 256 g/mol. The second kappa shape index (κ2) is 7.74. The first-order valence-electron chi connectivity index (χ1n) is 7.19. The van der Waals surface area contributed by atoms with Crippen LogP contribution in [0.5, 0.6) is 0 Å². The van der Waals surface area contributed by atoms with Crippen LogP contribution in [0.25, 0.3) is 0 Å². The second-order valence-corrected chi connectivity index (χ2v) is 5.19. The molecule has 1 aliphatic heterocycles. The summed E-state index contributed by atoms with van der Waals surface area (Å²) in [5.41, 5.74) is -0.170. The number of amides is 1. The van der Waals surface area contributed by atoms with Crippen molar-refractivity contribution in [1.82, 2.24) is 10.2 Å². The summed E-state index contributed by atoms with van der Waals surface area (Å²) in [6.07, 6.45) is 4.18. The number of carbonyl (C=O) groups excluding carboxylic acids is 1. The van der Waals surface area contributed by atoms with Crippen molar-refractivity contribution in [1.29, 1.82) is 0 Å². The molecule has 1 N–H and O–H groups in total. The quantitative estimate of drug-likeness (QED) is 0.753. The highest BCUT2D eigenvalue weighted by molar-refractivity contribution is 5.83. The Morgan fingerprint density at radius 1 is 1.44 bits per heavy atom. The van der Waals surface area contributed by atoms with Gasteiger partial charge in [0, 0.05) is 26.7 Å². The summed E-state index contributed by atoms with van der Waals surface area (Å²) in [5, 5.41) is 3.40. The molecular formula is C14H28N2O2. The number of carbonyl (C=O) groups is 1. The Labute approximate surface area is 111 Å². The van der Waals surface area contributed by atoms with E-state index >= 15 is 0 Å². The normalized spacial score (nSPS) is 23.9. The van der Waals surface area contributed by atoms with Crippen LogP contribution < -0.4 is 5.32 Å². The van der Waals surface area contributed by atoms with Gasteiger partial charge < -0.3 is 15.0 Å². The molecule has 0 saturated carbocycles.